The Morgan fingerprint density at radius 1 is 1.31 bits per heavy atom. The molecule has 0 radical (unpaired) electrons. The van der Waals surface area contributed by atoms with Crippen LogP contribution >= 0.6 is 0 Å². The molecule has 0 saturated heterocycles. The molecule has 0 aliphatic rings. The van der Waals surface area contributed by atoms with Gasteiger partial charge in [0.05, 0.1) is 11.6 Å². The van der Waals surface area contributed by atoms with Gasteiger partial charge < -0.3 is 0 Å². The molecule has 4 heteroatoms. The van der Waals surface area contributed by atoms with Crippen LogP contribution < -0.4 is 0 Å². The van der Waals surface area contributed by atoms with Crippen molar-refractivity contribution in [1.82, 2.24) is 14.6 Å². The number of nitriles is 1. The van der Waals surface area contributed by atoms with E-state index in [-0.39, 0.29) is 0 Å². The number of hydrogen-bond acceptors (Lipinski definition) is 3. The maximum atomic E-state index is 8.79. The summed E-state index contributed by atoms with van der Waals surface area (Å²) in [6.45, 7) is 6.46. The summed E-state index contributed by atoms with van der Waals surface area (Å²) in [4.78, 5) is 0. The summed E-state index contributed by atoms with van der Waals surface area (Å²) in [5.41, 5.74) is 1.35. The first-order chi connectivity index (χ1) is 7.63. The van der Waals surface area contributed by atoms with Gasteiger partial charge in [0.25, 0.3) is 0 Å². The van der Waals surface area contributed by atoms with Gasteiger partial charge in [-0.25, -0.2) is 0 Å². The predicted octanol–water partition coefficient (Wildman–Crippen LogP) is 2.36. The molecule has 0 saturated carbocycles. The number of hydrogen-bond donors (Lipinski definition) is 0. The smallest absolute Gasteiger partial charge is 0.162 e. The van der Waals surface area contributed by atoms with Gasteiger partial charge in [-0.15, -0.1) is 10.2 Å². The second-order valence-corrected chi connectivity index (χ2v) is 4.35. The molecule has 0 spiro atoms. The Labute approximate surface area is 94.5 Å². The third-order valence-corrected chi connectivity index (χ3v) is 2.97. The molecule has 0 aromatic carbocycles. The van der Waals surface area contributed by atoms with E-state index in [2.05, 4.69) is 37.0 Å². The second kappa shape index (κ2) is 3.93. The van der Waals surface area contributed by atoms with E-state index in [1.165, 1.54) is 0 Å². The highest BCUT2D eigenvalue weighted by atomic mass is 15.2. The van der Waals surface area contributed by atoms with E-state index in [1.807, 2.05) is 10.6 Å². The Morgan fingerprint density at radius 2 is 2.06 bits per heavy atom. The molecule has 4 nitrogen and oxygen atoms in total. The molecule has 0 aliphatic carbocycles. The molecule has 2 rings (SSSR count). The van der Waals surface area contributed by atoms with E-state index < -0.39 is 0 Å². The number of nitrogens with zero attached hydrogens (tertiary/aromatic N) is 4. The minimum absolute atomic E-state index is 0.350. The van der Waals surface area contributed by atoms with Crippen LogP contribution in [0.15, 0.2) is 18.3 Å². The average molecular weight is 214 g/mol. The van der Waals surface area contributed by atoms with Crippen molar-refractivity contribution in [2.75, 3.05) is 0 Å². The van der Waals surface area contributed by atoms with Crippen molar-refractivity contribution in [2.45, 2.75) is 26.7 Å². The van der Waals surface area contributed by atoms with Crippen molar-refractivity contribution >= 4 is 5.65 Å². The first kappa shape index (κ1) is 10.6. The largest absolute Gasteiger partial charge is 0.286 e. The van der Waals surface area contributed by atoms with Gasteiger partial charge in [-0.3, -0.25) is 4.40 Å². The Hall–Kier alpha value is -1.89. The Morgan fingerprint density at radius 3 is 2.69 bits per heavy atom. The first-order valence-corrected chi connectivity index (χ1v) is 5.38. The number of rotatable bonds is 2. The van der Waals surface area contributed by atoms with E-state index in [0.29, 0.717) is 17.4 Å². The highest BCUT2D eigenvalue weighted by molar-refractivity contribution is 5.45. The van der Waals surface area contributed by atoms with Crippen LogP contribution in [0.3, 0.4) is 0 Å². The number of fused-ring (bicyclic) bond motifs is 1. The van der Waals surface area contributed by atoms with Gasteiger partial charge in [-0.05, 0) is 12.0 Å². The van der Waals surface area contributed by atoms with E-state index >= 15 is 0 Å². The summed E-state index contributed by atoms with van der Waals surface area (Å²) in [5, 5.41) is 17.1. The maximum Gasteiger partial charge on any atom is 0.162 e. The van der Waals surface area contributed by atoms with Gasteiger partial charge in [0.15, 0.2) is 5.65 Å². The van der Waals surface area contributed by atoms with Crippen molar-refractivity contribution in [3.05, 3.63) is 29.7 Å². The topological polar surface area (TPSA) is 54.0 Å². The van der Waals surface area contributed by atoms with Crippen LogP contribution in [0, 0.1) is 17.2 Å². The lowest BCUT2D eigenvalue weighted by Gasteiger charge is -2.12. The van der Waals surface area contributed by atoms with Crippen LogP contribution in [0.2, 0.25) is 0 Å². The zero-order valence-electron chi connectivity index (χ0n) is 9.68. The lowest BCUT2D eigenvalue weighted by atomic mass is 9.97. The number of aromatic nitrogens is 3. The van der Waals surface area contributed by atoms with Gasteiger partial charge in [0.2, 0.25) is 0 Å². The summed E-state index contributed by atoms with van der Waals surface area (Å²) in [5.74, 6) is 1.82. The summed E-state index contributed by atoms with van der Waals surface area (Å²) in [6, 6.07) is 5.64. The lowest BCUT2D eigenvalue weighted by Crippen LogP contribution is -2.06. The van der Waals surface area contributed by atoms with Crippen LogP contribution in [0.4, 0.5) is 0 Å². The third-order valence-electron chi connectivity index (χ3n) is 2.97. The molecule has 2 aromatic rings. The SMILES string of the molecule is CC(C)C(C)c1nnc2cc(C#N)ccn12. The van der Waals surface area contributed by atoms with Gasteiger partial charge in [0.1, 0.15) is 5.82 Å². The Balaban J connectivity index is 2.54. The normalized spacial score (nSPS) is 12.9. The summed E-state index contributed by atoms with van der Waals surface area (Å²) >= 11 is 0. The zero-order chi connectivity index (χ0) is 11.7. The molecule has 1 unspecified atom stereocenters. The molecular formula is C12H14N4. The fraction of sp³-hybridized carbons (Fsp3) is 0.417. The molecule has 2 heterocycles. The molecule has 16 heavy (non-hydrogen) atoms. The van der Waals surface area contributed by atoms with Gasteiger partial charge in [-0.2, -0.15) is 5.26 Å². The molecule has 0 bridgehead atoms. The predicted molar refractivity (Wildman–Crippen MR) is 61.0 cm³/mol. The van der Waals surface area contributed by atoms with Crippen molar-refractivity contribution in [2.24, 2.45) is 5.92 Å². The van der Waals surface area contributed by atoms with Crippen LogP contribution in [-0.2, 0) is 0 Å². The van der Waals surface area contributed by atoms with Crippen molar-refractivity contribution in [1.29, 1.82) is 5.26 Å². The van der Waals surface area contributed by atoms with Crippen molar-refractivity contribution in [3.63, 3.8) is 0 Å². The van der Waals surface area contributed by atoms with Crippen LogP contribution in [0.5, 0.6) is 0 Å². The van der Waals surface area contributed by atoms with E-state index in [4.69, 9.17) is 5.26 Å². The molecular weight excluding hydrogens is 200 g/mol. The van der Waals surface area contributed by atoms with Crippen LogP contribution in [0.25, 0.3) is 5.65 Å². The first-order valence-electron chi connectivity index (χ1n) is 5.38. The molecule has 0 aliphatic heterocycles. The van der Waals surface area contributed by atoms with Crippen molar-refractivity contribution in [3.8, 4) is 6.07 Å². The molecule has 0 amide bonds. The monoisotopic (exact) mass is 214 g/mol. The Bertz CT molecular complexity index is 548. The van der Waals surface area contributed by atoms with Crippen LogP contribution in [-0.4, -0.2) is 14.6 Å². The molecule has 82 valence electrons. The molecule has 0 N–H and O–H groups in total. The van der Waals surface area contributed by atoms with Gasteiger partial charge >= 0.3 is 0 Å². The van der Waals surface area contributed by atoms with Gasteiger partial charge in [0, 0.05) is 18.2 Å². The quantitative estimate of drug-likeness (QED) is 0.771. The zero-order valence-corrected chi connectivity index (χ0v) is 9.68. The average Bonchev–Trinajstić information content (AvgIpc) is 2.70. The van der Waals surface area contributed by atoms with E-state index in [0.717, 1.165) is 11.5 Å². The second-order valence-electron chi connectivity index (χ2n) is 4.35. The molecule has 1 atom stereocenters. The minimum Gasteiger partial charge on any atom is -0.286 e. The summed E-state index contributed by atoms with van der Waals surface area (Å²) in [7, 11) is 0. The summed E-state index contributed by atoms with van der Waals surface area (Å²) in [6.07, 6.45) is 1.86. The Kier molecular flexibility index (Phi) is 2.61. The molecule has 2 aromatic heterocycles. The van der Waals surface area contributed by atoms with Crippen LogP contribution in [0.1, 0.15) is 38.1 Å². The highest BCUT2D eigenvalue weighted by Gasteiger charge is 2.16. The lowest BCUT2D eigenvalue weighted by molar-refractivity contribution is 0.506. The minimum atomic E-state index is 0.350. The van der Waals surface area contributed by atoms with E-state index in [1.54, 1.807) is 12.1 Å². The van der Waals surface area contributed by atoms with Crippen molar-refractivity contribution < 1.29 is 0 Å². The van der Waals surface area contributed by atoms with Gasteiger partial charge in [-0.1, -0.05) is 20.8 Å². The van der Waals surface area contributed by atoms with E-state index in [9.17, 15) is 0 Å². The summed E-state index contributed by atoms with van der Waals surface area (Å²) < 4.78 is 1.95. The fourth-order valence-electron chi connectivity index (χ4n) is 1.59. The standard InChI is InChI=1S/C12H14N4/c1-8(2)9(3)12-15-14-11-6-10(7-13)4-5-16(11)12/h4-6,8-9H,1-3H3. The maximum absolute atomic E-state index is 8.79. The number of pyridine rings is 1. The highest BCUT2D eigenvalue weighted by Crippen LogP contribution is 2.22. The fourth-order valence-corrected chi connectivity index (χ4v) is 1.59. The molecule has 0 fully saturated rings. The third kappa shape index (κ3) is 1.65.